The van der Waals surface area contributed by atoms with Crippen LogP contribution in [0, 0.1) is 6.92 Å². The summed E-state index contributed by atoms with van der Waals surface area (Å²) in [6.45, 7) is 1.97. The number of rotatable bonds is 4. The number of ketones is 1. The average Bonchev–Trinajstić information content (AvgIpc) is 3.07. The summed E-state index contributed by atoms with van der Waals surface area (Å²) >= 11 is 1.59. The van der Waals surface area contributed by atoms with Gasteiger partial charge in [-0.25, -0.2) is 4.98 Å². The number of thiazole rings is 1. The minimum absolute atomic E-state index is 0.0464. The second-order valence-corrected chi connectivity index (χ2v) is 6.89. The predicted molar refractivity (Wildman–Crippen MR) is 96.7 cm³/mol. The Morgan fingerprint density at radius 1 is 1.21 bits per heavy atom. The van der Waals surface area contributed by atoms with E-state index in [9.17, 15) is 4.79 Å². The van der Waals surface area contributed by atoms with Crippen LogP contribution in [0.2, 0.25) is 0 Å². The fourth-order valence-corrected chi connectivity index (χ4v) is 3.69. The highest BCUT2D eigenvalue weighted by molar-refractivity contribution is 7.16. The molecule has 0 bridgehead atoms. The molecule has 0 amide bonds. The molecule has 1 aliphatic rings. The molecular formula is C18H20N2O3S. The Hall–Kier alpha value is -2.34. The molecule has 0 saturated heterocycles. The molecule has 0 aliphatic heterocycles. The van der Waals surface area contributed by atoms with Crippen molar-refractivity contribution in [2.24, 2.45) is 0 Å². The van der Waals surface area contributed by atoms with Gasteiger partial charge in [0.05, 0.1) is 24.8 Å². The molecule has 0 fully saturated rings. The molecule has 6 heteroatoms. The lowest BCUT2D eigenvalue weighted by Crippen LogP contribution is -2.07. The number of allylic oxidation sites excluding steroid dienone is 1. The molecule has 0 spiro atoms. The van der Waals surface area contributed by atoms with Crippen molar-refractivity contribution in [3.05, 3.63) is 39.4 Å². The summed E-state index contributed by atoms with van der Waals surface area (Å²) in [5, 5.41) is 0.936. The van der Waals surface area contributed by atoms with E-state index < -0.39 is 0 Å². The van der Waals surface area contributed by atoms with E-state index in [0.29, 0.717) is 23.5 Å². The van der Waals surface area contributed by atoms with Gasteiger partial charge in [0.2, 0.25) is 0 Å². The largest absolute Gasteiger partial charge is 0.493 e. The Morgan fingerprint density at radius 3 is 2.46 bits per heavy atom. The monoisotopic (exact) mass is 344 g/mol. The lowest BCUT2D eigenvalue weighted by molar-refractivity contribution is 0.104. The molecule has 126 valence electrons. The maximum Gasteiger partial charge on any atom is 0.189 e. The smallest absolute Gasteiger partial charge is 0.189 e. The van der Waals surface area contributed by atoms with Gasteiger partial charge in [0.15, 0.2) is 22.4 Å². The van der Waals surface area contributed by atoms with E-state index in [-0.39, 0.29) is 5.78 Å². The highest BCUT2D eigenvalue weighted by Gasteiger charge is 2.27. The predicted octanol–water partition coefficient (Wildman–Crippen LogP) is 3.36. The zero-order valence-corrected chi connectivity index (χ0v) is 15.3. The second-order valence-electron chi connectivity index (χ2n) is 5.88. The Bertz CT molecular complexity index is 837. The van der Waals surface area contributed by atoms with Crippen molar-refractivity contribution in [2.45, 2.75) is 13.3 Å². The second kappa shape index (κ2) is 6.28. The Morgan fingerprint density at radius 2 is 1.88 bits per heavy atom. The van der Waals surface area contributed by atoms with E-state index in [4.69, 9.17) is 9.47 Å². The number of Topliss-reactive ketones (excluding diaryl/α,β-unsaturated/α-hetero) is 1. The average molecular weight is 344 g/mol. The van der Waals surface area contributed by atoms with E-state index in [0.717, 1.165) is 26.8 Å². The third kappa shape index (κ3) is 2.78. The number of nitrogens with zero attached hydrogens (tertiary/aromatic N) is 2. The first-order valence-electron chi connectivity index (χ1n) is 7.59. The highest BCUT2D eigenvalue weighted by atomic mass is 32.1. The zero-order chi connectivity index (χ0) is 17.4. The van der Waals surface area contributed by atoms with Crippen molar-refractivity contribution < 1.29 is 14.3 Å². The fourth-order valence-electron chi connectivity index (χ4n) is 2.73. The van der Waals surface area contributed by atoms with Crippen molar-refractivity contribution in [2.75, 3.05) is 33.2 Å². The molecule has 0 atom stereocenters. The van der Waals surface area contributed by atoms with Crippen LogP contribution >= 0.6 is 11.3 Å². The first-order chi connectivity index (χ1) is 11.4. The van der Waals surface area contributed by atoms with E-state index >= 15 is 0 Å². The maximum atomic E-state index is 12.7. The molecule has 2 aromatic rings. The van der Waals surface area contributed by atoms with Crippen LogP contribution in [0.1, 0.15) is 26.5 Å². The van der Waals surface area contributed by atoms with Crippen LogP contribution in [0.25, 0.3) is 6.08 Å². The van der Waals surface area contributed by atoms with Crippen LogP contribution in [0.15, 0.2) is 17.7 Å². The van der Waals surface area contributed by atoms with Crippen molar-refractivity contribution in [1.82, 2.24) is 4.98 Å². The van der Waals surface area contributed by atoms with Crippen molar-refractivity contribution in [3.63, 3.8) is 0 Å². The molecule has 3 rings (SSSR count). The van der Waals surface area contributed by atoms with Gasteiger partial charge in [-0.15, -0.1) is 0 Å². The van der Waals surface area contributed by atoms with E-state index in [1.54, 1.807) is 31.6 Å². The number of methoxy groups -OCH3 is 2. The first kappa shape index (κ1) is 16.5. The van der Waals surface area contributed by atoms with Gasteiger partial charge in [0.25, 0.3) is 0 Å². The SMILES string of the molecule is COc1cc2c(cc1OC)C(=O)C(=Cc1sc(N(C)C)nc1C)C2. The van der Waals surface area contributed by atoms with Crippen molar-refractivity contribution in [1.29, 1.82) is 0 Å². The Balaban J connectivity index is 1.99. The van der Waals surface area contributed by atoms with Gasteiger partial charge < -0.3 is 14.4 Å². The van der Waals surface area contributed by atoms with Gasteiger partial charge in [-0.2, -0.15) is 0 Å². The molecule has 0 unspecified atom stereocenters. The van der Waals surface area contributed by atoms with Gasteiger partial charge in [-0.1, -0.05) is 11.3 Å². The summed E-state index contributed by atoms with van der Waals surface area (Å²) in [5.74, 6) is 1.27. The lowest BCUT2D eigenvalue weighted by atomic mass is 10.1. The van der Waals surface area contributed by atoms with Gasteiger partial charge >= 0.3 is 0 Å². The molecule has 0 saturated carbocycles. The van der Waals surface area contributed by atoms with Crippen LogP contribution < -0.4 is 14.4 Å². The molecule has 5 nitrogen and oxygen atoms in total. The van der Waals surface area contributed by atoms with Crippen LogP contribution in [0.4, 0.5) is 5.13 Å². The number of hydrogen-bond donors (Lipinski definition) is 0. The highest BCUT2D eigenvalue weighted by Crippen LogP contribution is 2.38. The lowest BCUT2D eigenvalue weighted by Gasteiger charge is -2.08. The van der Waals surface area contributed by atoms with Crippen molar-refractivity contribution in [3.8, 4) is 11.5 Å². The van der Waals surface area contributed by atoms with E-state index in [1.807, 2.05) is 38.1 Å². The van der Waals surface area contributed by atoms with E-state index in [1.165, 1.54) is 0 Å². The van der Waals surface area contributed by atoms with Crippen molar-refractivity contribution >= 4 is 28.3 Å². The van der Waals surface area contributed by atoms with Gasteiger partial charge in [0, 0.05) is 31.7 Å². The Kier molecular flexibility index (Phi) is 4.32. The van der Waals surface area contributed by atoms with Gasteiger partial charge in [-0.3, -0.25) is 4.79 Å². The summed E-state index contributed by atoms with van der Waals surface area (Å²) < 4.78 is 10.6. The summed E-state index contributed by atoms with van der Waals surface area (Å²) in [6, 6.07) is 3.65. The van der Waals surface area contributed by atoms with Crippen LogP contribution in [-0.4, -0.2) is 39.1 Å². The first-order valence-corrected chi connectivity index (χ1v) is 8.41. The van der Waals surface area contributed by atoms with Gasteiger partial charge in [0.1, 0.15) is 0 Å². The normalized spacial score (nSPS) is 14.9. The number of fused-ring (bicyclic) bond motifs is 1. The summed E-state index contributed by atoms with van der Waals surface area (Å²) in [5.41, 5.74) is 3.38. The third-order valence-electron chi connectivity index (χ3n) is 4.04. The molecule has 0 N–H and O–H groups in total. The minimum Gasteiger partial charge on any atom is -0.493 e. The molecule has 1 aromatic carbocycles. The number of benzene rings is 1. The minimum atomic E-state index is 0.0464. The number of carbonyl (C=O) groups is 1. The van der Waals surface area contributed by atoms with E-state index in [2.05, 4.69) is 4.98 Å². The number of carbonyl (C=O) groups excluding carboxylic acids is 1. The Labute approximate surface area is 145 Å². The topological polar surface area (TPSA) is 51.7 Å². The fraction of sp³-hybridized carbons (Fsp3) is 0.333. The number of aryl methyl sites for hydroxylation is 1. The number of aromatic nitrogens is 1. The van der Waals surface area contributed by atoms with Crippen LogP contribution in [0.3, 0.4) is 0 Å². The van der Waals surface area contributed by atoms with Crippen LogP contribution in [0.5, 0.6) is 11.5 Å². The number of hydrogen-bond acceptors (Lipinski definition) is 6. The molecule has 1 aromatic heterocycles. The molecule has 1 aliphatic carbocycles. The molecular weight excluding hydrogens is 324 g/mol. The molecule has 1 heterocycles. The number of anilines is 1. The summed E-state index contributed by atoms with van der Waals surface area (Å²) in [6.07, 6.45) is 2.56. The third-order valence-corrected chi connectivity index (χ3v) is 5.31. The number of ether oxygens (including phenoxy) is 2. The van der Waals surface area contributed by atoms with Gasteiger partial charge in [-0.05, 0) is 30.7 Å². The molecule has 24 heavy (non-hydrogen) atoms. The maximum absolute atomic E-state index is 12.7. The summed E-state index contributed by atoms with van der Waals surface area (Å²) in [4.78, 5) is 20.3. The standard InChI is InChI=1S/C18H20N2O3S/c1-10-16(24-18(19-10)20(2)3)8-12-6-11-7-14(22-4)15(23-5)9-13(11)17(12)21/h7-9H,6H2,1-5H3. The molecule has 0 radical (unpaired) electrons. The zero-order valence-electron chi connectivity index (χ0n) is 14.5. The quantitative estimate of drug-likeness (QED) is 0.796. The van der Waals surface area contributed by atoms with Crippen LogP contribution in [-0.2, 0) is 6.42 Å². The summed E-state index contributed by atoms with van der Waals surface area (Å²) in [7, 11) is 7.10.